The topological polar surface area (TPSA) is 69.7 Å². The maximum atomic E-state index is 9.30. The number of phenolic OH excluding ortho intramolecular Hbond substituents is 1. The lowest BCUT2D eigenvalue weighted by molar-refractivity contribution is 0.220. The lowest BCUT2D eigenvalue weighted by Gasteiger charge is -2.26. The van der Waals surface area contributed by atoms with Crippen molar-refractivity contribution in [1.29, 1.82) is 0 Å². The summed E-state index contributed by atoms with van der Waals surface area (Å²) in [5.74, 6) is 0.948. The van der Waals surface area contributed by atoms with E-state index in [9.17, 15) is 5.11 Å². The average Bonchev–Trinajstić information content (AvgIpc) is 2.78. The number of pyridine rings is 1. The second kappa shape index (κ2) is 12.9. The van der Waals surface area contributed by atoms with E-state index in [0.29, 0.717) is 24.1 Å². The Morgan fingerprint density at radius 1 is 1.06 bits per heavy atom. The SMILES string of the molecule is Oc1ccc(CCNC(=S)NC/C=C\COc2cc(CN3CCCCC3)ccn2)cc1. The number of likely N-dealkylation sites (tertiary alicyclic amines) is 1. The molecule has 166 valence electrons. The summed E-state index contributed by atoms with van der Waals surface area (Å²) in [5.41, 5.74) is 2.40. The van der Waals surface area contributed by atoms with Gasteiger partial charge in [-0.3, -0.25) is 4.90 Å². The van der Waals surface area contributed by atoms with Gasteiger partial charge in [0.2, 0.25) is 5.88 Å². The van der Waals surface area contributed by atoms with Crippen molar-refractivity contribution in [2.75, 3.05) is 32.8 Å². The van der Waals surface area contributed by atoms with Crippen LogP contribution in [-0.4, -0.2) is 52.9 Å². The Hall–Kier alpha value is -2.64. The summed E-state index contributed by atoms with van der Waals surface area (Å²) in [6, 6.07) is 11.3. The molecule has 2 aromatic rings. The third kappa shape index (κ3) is 8.94. The highest BCUT2D eigenvalue weighted by Crippen LogP contribution is 2.15. The molecule has 0 spiro atoms. The number of hydrogen-bond acceptors (Lipinski definition) is 5. The molecule has 1 aromatic heterocycles. The zero-order valence-corrected chi connectivity index (χ0v) is 18.7. The number of rotatable bonds is 10. The van der Waals surface area contributed by atoms with Crippen molar-refractivity contribution in [3.63, 3.8) is 0 Å². The van der Waals surface area contributed by atoms with Crippen molar-refractivity contribution in [2.24, 2.45) is 0 Å². The Morgan fingerprint density at radius 2 is 1.87 bits per heavy atom. The van der Waals surface area contributed by atoms with Gasteiger partial charge >= 0.3 is 0 Å². The van der Waals surface area contributed by atoms with Crippen LogP contribution < -0.4 is 15.4 Å². The first-order valence-electron chi connectivity index (χ1n) is 10.9. The summed E-state index contributed by atoms with van der Waals surface area (Å²) in [4.78, 5) is 6.80. The Morgan fingerprint density at radius 3 is 2.68 bits per heavy atom. The predicted molar refractivity (Wildman–Crippen MR) is 128 cm³/mol. The molecular weight excluding hydrogens is 408 g/mol. The van der Waals surface area contributed by atoms with E-state index in [-0.39, 0.29) is 5.75 Å². The summed E-state index contributed by atoms with van der Waals surface area (Å²) < 4.78 is 5.75. The molecule has 3 N–H and O–H groups in total. The Balaban J connectivity index is 1.27. The second-order valence-corrected chi connectivity index (χ2v) is 8.08. The van der Waals surface area contributed by atoms with Gasteiger partial charge in [-0.05, 0) is 80.0 Å². The van der Waals surface area contributed by atoms with Gasteiger partial charge in [-0.2, -0.15) is 0 Å². The number of ether oxygens (including phenoxy) is 1. The normalized spacial score (nSPS) is 14.5. The minimum Gasteiger partial charge on any atom is -0.508 e. The first-order chi connectivity index (χ1) is 15.2. The van der Waals surface area contributed by atoms with E-state index >= 15 is 0 Å². The van der Waals surface area contributed by atoms with Crippen LogP contribution in [0.5, 0.6) is 11.6 Å². The zero-order valence-electron chi connectivity index (χ0n) is 17.9. The van der Waals surface area contributed by atoms with Crippen LogP contribution in [0.25, 0.3) is 0 Å². The highest BCUT2D eigenvalue weighted by atomic mass is 32.1. The molecule has 0 unspecified atom stereocenters. The largest absolute Gasteiger partial charge is 0.508 e. The van der Waals surface area contributed by atoms with Crippen LogP contribution in [0.3, 0.4) is 0 Å². The van der Waals surface area contributed by atoms with Crippen LogP contribution in [0.4, 0.5) is 0 Å². The quantitative estimate of drug-likeness (QED) is 0.386. The molecule has 0 amide bonds. The minimum atomic E-state index is 0.283. The second-order valence-electron chi connectivity index (χ2n) is 7.67. The van der Waals surface area contributed by atoms with Crippen LogP contribution in [0.1, 0.15) is 30.4 Å². The van der Waals surface area contributed by atoms with Gasteiger partial charge in [-0.25, -0.2) is 4.98 Å². The number of nitrogens with one attached hydrogen (secondary N) is 2. The minimum absolute atomic E-state index is 0.283. The molecule has 6 nitrogen and oxygen atoms in total. The maximum absolute atomic E-state index is 9.30. The number of benzene rings is 1. The highest BCUT2D eigenvalue weighted by molar-refractivity contribution is 7.80. The number of thiocarbonyl (C=S) groups is 1. The fourth-order valence-electron chi connectivity index (χ4n) is 3.49. The third-order valence-electron chi connectivity index (χ3n) is 5.16. The fourth-order valence-corrected chi connectivity index (χ4v) is 3.67. The number of nitrogens with zero attached hydrogens (tertiary/aromatic N) is 2. The number of piperidine rings is 1. The molecule has 1 aliphatic rings. The summed E-state index contributed by atoms with van der Waals surface area (Å²) in [6.07, 6.45) is 10.6. The van der Waals surface area contributed by atoms with Gasteiger partial charge in [0, 0.05) is 31.9 Å². The molecule has 1 saturated heterocycles. The van der Waals surface area contributed by atoms with Gasteiger partial charge in [0.15, 0.2) is 5.11 Å². The van der Waals surface area contributed by atoms with Crippen LogP contribution in [0.15, 0.2) is 54.7 Å². The Kier molecular flexibility index (Phi) is 9.60. The summed E-state index contributed by atoms with van der Waals surface area (Å²) in [5, 5.41) is 16.3. The first kappa shape index (κ1) is 23.0. The van der Waals surface area contributed by atoms with E-state index in [1.165, 1.54) is 37.9 Å². The zero-order chi connectivity index (χ0) is 21.7. The van der Waals surface area contributed by atoms with Crippen LogP contribution in [0.2, 0.25) is 0 Å². The standard InChI is InChI=1S/C24H32N4O2S/c29-22-8-6-20(7-9-22)10-14-27-24(31)26-12-2-5-17-30-23-18-21(11-13-25-23)19-28-15-3-1-4-16-28/h2,5-9,11,13,18,29H,1,3-4,10,12,14-17,19H2,(H2,26,27,31)/b5-2-. The monoisotopic (exact) mass is 440 g/mol. The summed E-state index contributed by atoms with van der Waals surface area (Å²) >= 11 is 5.28. The van der Waals surface area contributed by atoms with Crippen molar-refractivity contribution >= 4 is 17.3 Å². The van der Waals surface area contributed by atoms with Crippen LogP contribution >= 0.6 is 12.2 Å². The number of aromatic nitrogens is 1. The molecule has 0 aliphatic carbocycles. The molecule has 1 aliphatic heterocycles. The molecule has 31 heavy (non-hydrogen) atoms. The Bertz CT molecular complexity index is 836. The number of phenols is 1. The average molecular weight is 441 g/mol. The lowest BCUT2D eigenvalue weighted by Crippen LogP contribution is -2.36. The van der Waals surface area contributed by atoms with E-state index in [0.717, 1.165) is 25.1 Å². The Labute approximate surface area is 190 Å². The van der Waals surface area contributed by atoms with Crippen LogP contribution in [-0.2, 0) is 13.0 Å². The van der Waals surface area contributed by atoms with Crippen LogP contribution in [0, 0.1) is 0 Å². The van der Waals surface area contributed by atoms with Crippen molar-refractivity contribution < 1.29 is 9.84 Å². The molecule has 2 heterocycles. The van der Waals surface area contributed by atoms with Crippen molar-refractivity contribution in [3.8, 4) is 11.6 Å². The highest BCUT2D eigenvalue weighted by Gasteiger charge is 2.10. The lowest BCUT2D eigenvalue weighted by atomic mass is 10.1. The summed E-state index contributed by atoms with van der Waals surface area (Å²) in [7, 11) is 0. The molecule has 7 heteroatoms. The van der Waals surface area contributed by atoms with E-state index in [1.807, 2.05) is 36.5 Å². The van der Waals surface area contributed by atoms with Gasteiger partial charge < -0.3 is 20.5 Å². The van der Waals surface area contributed by atoms with E-state index in [4.69, 9.17) is 17.0 Å². The van der Waals surface area contributed by atoms with Gasteiger partial charge in [0.25, 0.3) is 0 Å². The molecule has 0 radical (unpaired) electrons. The van der Waals surface area contributed by atoms with Gasteiger partial charge in [0.05, 0.1) is 0 Å². The maximum Gasteiger partial charge on any atom is 0.213 e. The van der Waals surface area contributed by atoms with E-state index < -0.39 is 0 Å². The van der Waals surface area contributed by atoms with Crippen molar-refractivity contribution in [3.05, 3.63) is 65.9 Å². The predicted octanol–water partition coefficient (Wildman–Crippen LogP) is 3.41. The number of aromatic hydroxyl groups is 1. The third-order valence-corrected chi connectivity index (χ3v) is 5.45. The molecule has 1 aromatic carbocycles. The molecule has 0 atom stereocenters. The van der Waals surface area contributed by atoms with Crippen molar-refractivity contribution in [2.45, 2.75) is 32.2 Å². The molecule has 1 fully saturated rings. The molecule has 0 saturated carbocycles. The van der Waals surface area contributed by atoms with Gasteiger partial charge in [0.1, 0.15) is 12.4 Å². The van der Waals surface area contributed by atoms with E-state index in [2.05, 4.69) is 26.6 Å². The van der Waals surface area contributed by atoms with Gasteiger partial charge in [-0.15, -0.1) is 0 Å². The molecular formula is C24H32N4O2S. The van der Waals surface area contributed by atoms with Crippen molar-refractivity contribution in [1.82, 2.24) is 20.5 Å². The smallest absolute Gasteiger partial charge is 0.213 e. The fraction of sp³-hybridized carbons (Fsp3) is 0.417. The molecule has 3 rings (SSSR count). The van der Waals surface area contributed by atoms with Gasteiger partial charge in [-0.1, -0.05) is 24.6 Å². The summed E-state index contributed by atoms with van der Waals surface area (Å²) in [6.45, 7) is 5.18. The number of hydrogen-bond donors (Lipinski definition) is 3. The first-order valence-corrected chi connectivity index (χ1v) is 11.3. The van der Waals surface area contributed by atoms with E-state index in [1.54, 1.807) is 12.1 Å². The molecule has 0 bridgehead atoms.